The number of urea groups is 1. The number of hydrogen-bond donors (Lipinski definition) is 5. The van der Waals surface area contributed by atoms with E-state index in [2.05, 4.69) is 48.5 Å². The van der Waals surface area contributed by atoms with Gasteiger partial charge in [-0.3, -0.25) is 4.79 Å². The molecule has 9 nitrogen and oxygen atoms in total. The van der Waals surface area contributed by atoms with Gasteiger partial charge in [-0.25, -0.2) is 4.79 Å². The van der Waals surface area contributed by atoms with Crippen molar-refractivity contribution in [3.63, 3.8) is 0 Å². The Hall–Kier alpha value is -2.92. The van der Waals surface area contributed by atoms with Gasteiger partial charge >= 0.3 is 6.03 Å². The molecular weight excluding hydrogens is 672 g/mol. The van der Waals surface area contributed by atoms with Crippen LogP contribution in [0.25, 0.3) is 0 Å². The zero-order valence-electron chi connectivity index (χ0n) is 30.7. The number of anilines is 1. The van der Waals surface area contributed by atoms with Crippen molar-refractivity contribution < 1.29 is 24.5 Å². The van der Waals surface area contributed by atoms with E-state index in [9.17, 15) is 14.7 Å². The molecule has 4 rings (SSSR count). The molecule has 0 heterocycles. The number of aliphatic hydroxyl groups excluding tert-OH is 1. The molecule has 0 saturated heterocycles. The Morgan fingerprint density at radius 3 is 2.42 bits per heavy atom. The number of amides is 3. The lowest BCUT2D eigenvalue weighted by atomic mass is 9.71. The zero-order valence-corrected chi connectivity index (χ0v) is 32.3. The lowest BCUT2D eigenvalue weighted by Crippen LogP contribution is -2.54. The lowest BCUT2D eigenvalue weighted by Gasteiger charge is -2.40. The average molecular weight is 733 g/mol. The van der Waals surface area contributed by atoms with Gasteiger partial charge in [0.2, 0.25) is 5.91 Å². The van der Waals surface area contributed by atoms with Gasteiger partial charge in [0.1, 0.15) is 5.75 Å². The summed E-state index contributed by atoms with van der Waals surface area (Å²) in [7, 11) is 1.00. The van der Waals surface area contributed by atoms with E-state index in [1.165, 1.54) is 30.6 Å². The van der Waals surface area contributed by atoms with Gasteiger partial charge in [-0.05, 0) is 137 Å². The predicted molar refractivity (Wildman–Crippen MR) is 209 cm³/mol. The van der Waals surface area contributed by atoms with E-state index in [0.717, 1.165) is 74.2 Å². The standard InChI is InChI=1S/C32H45ClN2O2S.C6H12N2O2.CH4O/c1-4-35(22-28-16-15-26(28)13-6-5-10-24(2)23-38-3)30-21-27(32(34)36)17-18-31(30)37-19-8-7-11-25-12-9-14-29(33)20-25;1-6(10)2-4(3-6)8-5(7)9;1-2/h5-6,9,12,14,17-18,20-21,24,26,28H,4,7-8,10-11,13,15-16,19,22-23H2,1-3H3,(H2,34,36);4,10H,2-3H2,1H3,(H3,7,8,9);2H,1H3/b6-5+;;/t24-,26+,28-;;/m0../s1. The number of carbonyl (C=O) groups excluding carboxylic acids is 2. The Morgan fingerprint density at radius 2 is 1.84 bits per heavy atom. The number of nitrogens with one attached hydrogen (secondary N) is 1. The summed E-state index contributed by atoms with van der Waals surface area (Å²) in [6.07, 6.45) is 16.0. The summed E-state index contributed by atoms with van der Waals surface area (Å²) in [6.45, 7) is 8.71. The molecule has 2 aliphatic carbocycles. The molecule has 0 aromatic heterocycles. The minimum Gasteiger partial charge on any atom is -0.491 e. The van der Waals surface area contributed by atoms with Crippen LogP contribution >= 0.6 is 23.4 Å². The van der Waals surface area contributed by atoms with Gasteiger partial charge < -0.3 is 36.6 Å². The number of thioether (sulfide) groups is 1. The van der Waals surface area contributed by atoms with Crippen LogP contribution in [0.5, 0.6) is 5.75 Å². The fourth-order valence-corrected chi connectivity index (χ4v) is 7.39. The second-order valence-electron chi connectivity index (χ2n) is 13.7. The number of primary amides is 2. The first kappa shape index (κ1) is 43.2. The minimum absolute atomic E-state index is 0.0764. The van der Waals surface area contributed by atoms with E-state index in [1.807, 2.05) is 42.1 Å². The van der Waals surface area contributed by atoms with Gasteiger partial charge in [0, 0.05) is 36.8 Å². The number of hydrogen-bond acceptors (Lipinski definition) is 7. The Bertz CT molecular complexity index is 1340. The zero-order chi connectivity index (χ0) is 37.1. The number of carbonyl (C=O) groups is 2. The van der Waals surface area contributed by atoms with Crippen LogP contribution in [0.4, 0.5) is 10.5 Å². The van der Waals surface area contributed by atoms with Crippen LogP contribution in [0.1, 0.15) is 88.1 Å². The summed E-state index contributed by atoms with van der Waals surface area (Å²) in [5.41, 5.74) is 12.7. The molecule has 50 heavy (non-hydrogen) atoms. The third-order valence-corrected chi connectivity index (χ3v) is 10.5. The number of nitrogens with two attached hydrogens (primary N) is 2. The van der Waals surface area contributed by atoms with E-state index < -0.39 is 17.5 Å². The van der Waals surface area contributed by atoms with E-state index >= 15 is 0 Å². The van der Waals surface area contributed by atoms with Crippen molar-refractivity contribution in [1.29, 1.82) is 0 Å². The molecule has 0 spiro atoms. The number of aliphatic hydroxyl groups is 2. The lowest BCUT2D eigenvalue weighted by molar-refractivity contribution is -0.0352. The summed E-state index contributed by atoms with van der Waals surface area (Å²) in [5, 5.41) is 19.5. The molecule has 7 N–H and O–H groups in total. The number of rotatable bonds is 18. The second-order valence-corrected chi connectivity index (χ2v) is 15.1. The summed E-state index contributed by atoms with van der Waals surface area (Å²) in [4.78, 5) is 24.6. The Morgan fingerprint density at radius 1 is 1.12 bits per heavy atom. The number of halogens is 1. The number of ether oxygens (including phenoxy) is 1. The van der Waals surface area contributed by atoms with Gasteiger partial charge in [-0.2, -0.15) is 11.8 Å². The minimum atomic E-state index is -0.590. The molecule has 0 radical (unpaired) electrons. The molecule has 0 unspecified atom stereocenters. The monoisotopic (exact) mass is 732 g/mol. The summed E-state index contributed by atoms with van der Waals surface area (Å²) >= 11 is 8.03. The average Bonchev–Trinajstić information content (AvgIpc) is 3.05. The van der Waals surface area contributed by atoms with E-state index in [4.69, 9.17) is 32.9 Å². The first-order valence-corrected chi connectivity index (χ1v) is 19.6. The van der Waals surface area contributed by atoms with Crippen LogP contribution in [-0.4, -0.2) is 72.6 Å². The first-order valence-electron chi connectivity index (χ1n) is 17.8. The fourth-order valence-electron chi connectivity index (χ4n) is 6.47. The van der Waals surface area contributed by atoms with Crippen molar-refractivity contribution in [2.45, 2.75) is 90.2 Å². The van der Waals surface area contributed by atoms with Crippen LogP contribution in [-0.2, 0) is 6.42 Å². The van der Waals surface area contributed by atoms with Crippen molar-refractivity contribution in [2.75, 3.05) is 43.7 Å². The van der Waals surface area contributed by atoms with Crippen molar-refractivity contribution in [1.82, 2.24) is 5.32 Å². The van der Waals surface area contributed by atoms with Crippen LogP contribution in [0.15, 0.2) is 54.6 Å². The molecule has 2 saturated carbocycles. The molecule has 2 aliphatic rings. The van der Waals surface area contributed by atoms with Crippen molar-refractivity contribution in [2.24, 2.45) is 29.2 Å². The third-order valence-electron chi connectivity index (χ3n) is 9.32. The van der Waals surface area contributed by atoms with Gasteiger partial charge in [0.15, 0.2) is 0 Å². The molecule has 0 aliphatic heterocycles. The maximum absolute atomic E-state index is 12.0. The first-order chi connectivity index (χ1) is 23.9. The SMILES string of the molecule is CC1(O)CC(NC(N)=O)C1.CCN(C[C@@H]1CC[C@H]1C/C=C/C[C@H](C)CSC)c1cc(C(N)=O)ccc1OCCCCc1cccc(Cl)c1.CO. The van der Waals surface area contributed by atoms with Crippen molar-refractivity contribution in [3.8, 4) is 5.75 Å². The van der Waals surface area contributed by atoms with Gasteiger partial charge in [-0.15, -0.1) is 0 Å². The number of unbranched alkanes of at least 4 members (excludes halogenated alkanes) is 1. The third kappa shape index (κ3) is 15.5. The highest BCUT2D eigenvalue weighted by Gasteiger charge is 2.38. The highest BCUT2D eigenvalue weighted by atomic mass is 35.5. The molecular formula is C39H61ClN4O5S. The molecule has 2 aromatic carbocycles. The summed E-state index contributed by atoms with van der Waals surface area (Å²) in [6, 6.07) is 13.2. The van der Waals surface area contributed by atoms with Crippen LogP contribution < -0.4 is 26.4 Å². The normalized spacial score (nSPS) is 21.3. The van der Waals surface area contributed by atoms with Crippen LogP contribution in [0, 0.1) is 17.8 Å². The molecule has 0 bridgehead atoms. The maximum Gasteiger partial charge on any atom is 0.312 e. The Balaban J connectivity index is 0.000000613. The fraction of sp³-hybridized carbons (Fsp3) is 0.590. The van der Waals surface area contributed by atoms with Gasteiger partial charge in [0.25, 0.3) is 0 Å². The smallest absolute Gasteiger partial charge is 0.312 e. The summed E-state index contributed by atoms with van der Waals surface area (Å²) < 4.78 is 6.27. The quantitative estimate of drug-likeness (QED) is 0.0803. The second kappa shape index (κ2) is 22.8. The van der Waals surface area contributed by atoms with E-state index in [1.54, 1.807) is 13.0 Å². The van der Waals surface area contributed by atoms with Gasteiger partial charge in [-0.1, -0.05) is 42.8 Å². The molecule has 11 heteroatoms. The number of nitrogens with zero attached hydrogens (tertiary/aromatic N) is 1. The molecule has 3 atom stereocenters. The topological polar surface area (TPSA) is 151 Å². The number of aryl methyl sites for hydroxylation is 1. The molecule has 280 valence electrons. The van der Waals surface area contributed by atoms with Crippen molar-refractivity contribution in [3.05, 3.63) is 70.8 Å². The van der Waals surface area contributed by atoms with Crippen molar-refractivity contribution >= 4 is 41.0 Å². The summed E-state index contributed by atoms with van der Waals surface area (Å²) in [5.74, 6) is 3.77. The highest BCUT2D eigenvalue weighted by molar-refractivity contribution is 7.98. The van der Waals surface area contributed by atoms with Gasteiger partial charge in [0.05, 0.1) is 17.9 Å². The van der Waals surface area contributed by atoms with Crippen LogP contribution in [0.2, 0.25) is 5.02 Å². The van der Waals surface area contributed by atoms with E-state index in [-0.39, 0.29) is 6.04 Å². The Kier molecular flexibility index (Phi) is 19.7. The molecule has 3 amide bonds. The van der Waals surface area contributed by atoms with Crippen LogP contribution in [0.3, 0.4) is 0 Å². The maximum atomic E-state index is 12.0. The number of benzene rings is 2. The molecule has 2 fully saturated rings. The highest BCUT2D eigenvalue weighted by Crippen LogP contribution is 2.40. The Labute approximate surface area is 309 Å². The molecule has 2 aromatic rings. The largest absolute Gasteiger partial charge is 0.491 e. The number of allylic oxidation sites excluding steroid dienone is 2. The predicted octanol–water partition coefficient (Wildman–Crippen LogP) is 7.21. The van der Waals surface area contributed by atoms with E-state index in [0.29, 0.717) is 30.9 Å².